The molecule has 2 aliphatic rings. The van der Waals surface area contributed by atoms with Crippen LogP contribution in [0.4, 0.5) is 0 Å². The Balaban J connectivity index is 1.50. The molecule has 4 rings (SSSR count). The van der Waals surface area contributed by atoms with Gasteiger partial charge in [0.1, 0.15) is 18.3 Å². The standard InChI is InChI=1S/C21H22O7/c1-24-21-18(27-19(23)13-8-4-2-5-9-13)16(22)17-15(26-21)12-25-20(28-17)14-10-6-3-7-11-14/h2-11,15-18,20-22H,12H2,1H3/t15-,16+,17-,18-,20-,21-/m1/s1. The van der Waals surface area contributed by atoms with Gasteiger partial charge in [-0.25, -0.2) is 4.79 Å². The molecule has 2 aromatic carbocycles. The fraction of sp³-hybridized carbons (Fsp3) is 0.381. The molecule has 2 saturated heterocycles. The molecule has 2 aliphatic heterocycles. The van der Waals surface area contributed by atoms with Gasteiger partial charge in [-0.15, -0.1) is 0 Å². The molecule has 2 aromatic rings. The highest BCUT2D eigenvalue weighted by molar-refractivity contribution is 5.89. The van der Waals surface area contributed by atoms with Gasteiger partial charge < -0.3 is 28.8 Å². The van der Waals surface area contributed by atoms with Crippen LogP contribution < -0.4 is 0 Å². The second-order valence-electron chi connectivity index (χ2n) is 6.68. The number of aliphatic hydroxyl groups is 1. The summed E-state index contributed by atoms with van der Waals surface area (Å²) in [5.74, 6) is -0.569. The zero-order chi connectivity index (χ0) is 19.5. The van der Waals surface area contributed by atoms with E-state index in [1.54, 1.807) is 30.3 Å². The lowest BCUT2D eigenvalue weighted by atomic mass is 9.97. The number of ether oxygens (including phenoxy) is 5. The smallest absolute Gasteiger partial charge is 0.338 e. The van der Waals surface area contributed by atoms with E-state index in [0.29, 0.717) is 5.56 Å². The summed E-state index contributed by atoms with van der Waals surface area (Å²) in [6.07, 6.45) is -4.99. The number of fused-ring (bicyclic) bond motifs is 1. The highest BCUT2D eigenvalue weighted by atomic mass is 16.8. The first kappa shape index (κ1) is 19.0. The number of rotatable bonds is 4. The monoisotopic (exact) mass is 386 g/mol. The van der Waals surface area contributed by atoms with E-state index in [1.165, 1.54) is 7.11 Å². The number of hydrogen-bond donors (Lipinski definition) is 1. The summed E-state index contributed by atoms with van der Waals surface area (Å²) >= 11 is 0. The van der Waals surface area contributed by atoms with Gasteiger partial charge in [-0.1, -0.05) is 48.5 Å². The average molecular weight is 386 g/mol. The first-order valence-corrected chi connectivity index (χ1v) is 9.11. The minimum atomic E-state index is -1.13. The number of methoxy groups -OCH3 is 1. The number of carbonyl (C=O) groups is 1. The molecule has 0 spiro atoms. The number of benzene rings is 2. The zero-order valence-electron chi connectivity index (χ0n) is 15.3. The van der Waals surface area contributed by atoms with Crippen LogP contribution in [0.5, 0.6) is 0 Å². The summed E-state index contributed by atoms with van der Waals surface area (Å²) in [6, 6.07) is 18.0. The molecule has 148 valence electrons. The summed E-state index contributed by atoms with van der Waals surface area (Å²) in [5, 5.41) is 10.9. The topological polar surface area (TPSA) is 83.5 Å². The molecular formula is C21H22O7. The molecule has 2 fully saturated rings. The molecule has 28 heavy (non-hydrogen) atoms. The van der Waals surface area contributed by atoms with E-state index >= 15 is 0 Å². The van der Waals surface area contributed by atoms with Crippen molar-refractivity contribution in [3.8, 4) is 0 Å². The van der Waals surface area contributed by atoms with Crippen LogP contribution in [0.2, 0.25) is 0 Å². The largest absolute Gasteiger partial charge is 0.450 e. The third kappa shape index (κ3) is 3.80. The van der Waals surface area contributed by atoms with Crippen molar-refractivity contribution in [2.75, 3.05) is 13.7 Å². The van der Waals surface area contributed by atoms with Crippen LogP contribution in [0.3, 0.4) is 0 Å². The van der Waals surface area contributed by atoms with Crippen LogP contribution in [0.25, 0.3) is 0 Å². The third-order valence-corrected chi connectivity index (χ3v) is 4.87. The van der Waals surface area contributed by atoms with E-state index in [1.807, 2.05) is 30.3 Å². The van der Waals surface area contributed by atoms with E-state index in [0.717, 1.165) is 5.56 Å². The molecule has 0 aliphatic carbocycles. The maximum Gasteiger partial charge on any atom is 0.338 e. The van der Waals surface area contributed by atoms with Crippen molar-refractivity contribution in [1.29, 1.82) is 0 Å². The first-order valence-electron chi connectivity index (χ1n) is 9.11. The molecule has 0 amide bonds. The number of hydrogen-bond acceptors (Lipinski definition) is 7. The van der Waals surface area contributed by atoms with Crippen molar-refractivity contribution >= 4 is 5.97 Å². The lowest BCUT2D eigenvalue weighted by Crippen LogP contribution is -2.63. The van der Waals surface area contributed by atoms with Gasteiger partial charge in [-0.05, 0) is 12.1 Å². The molecular weight excluding hydrogens is 364 g/mol. The van der Waals surface area contributed by atoms with Crippen molar-refractivity contribution in [1.82, 2.24) is 0 Å². The minimum absolute atomic E-state index is 0.223. The van der Waals surface area contributed by atoms with Gasteiger partial charge in [-0.2, -0.15) is 0 Å². The third-order valence-electron chi connectivity index (χ3n) is 4.87. The second kappa shape index (κ2) is 8.38. The SMILES string of the molecule is CO[C@@H]1O[C@@H]2CO[C@@H](c3ccccc3)O[C@H]2[C@H](O)[C@H]1OC(=O)c1ccccc1. The van der Waals surface area contributed by atoms with E-state index in [2.05, 4.69) is 0 Å². The minimum Gasteiger partial charge on any atom is -0.450 e. The quantitative estimate of drug-likeness (QED) is 0.806. The van der Waals surface area contributed by atoms with Crippen LogP contribution in [0.1, 0.15) is 22.2 Å². The van der Waals surface area contributed by atoms with Gasteiger partial charge >= 0.3 is 5.97 Å². The normalized spacial score (nSPS) is 32.4. The zero-order valence-corrected chi connectivity index (χ0v) is 15.3. The Morgan fingerprint density at radius 3 is 2.39 bits per heavy atom. The molecule has 0 unspecified atom stereocenters. The highest BCUT2D eigenvalue weighted by Crippen LogP contribution is 2.35. The second-order valence-corrected chi connectivity index (χ2v) is 6.68. The fourth-order valence-corrected chi connectivity index (χ4v) is 3.43. The number of aliphatic hydroxyl groups excluding tert-OH is 1. The Bertz CT molecular complexity index is 782. The summed E-state index contributed by atoms with van der Waals surface area (Å²) in [6.45, 7) is 0.223. The van der Waals surface area contributed by atoms with E-state index < -0.39 is 43.0 Å². The van der Waals surface area contributed by atoms with E-state index in [4.69, 9.17) is 23.7 Å². The molecule has 2 heterocycles. The van der Waals surface area contributed by atoms with Crippen molar-refractivity contribution in [3.05, 3.63) is 71.8 Å². The molecule has 0 aromatic heterocycles. The van der Waals surface area contributed by atoms with Crippen molar-refractivity contribution in [2.24, 2.45) is 0 Å². The lowest BCUT2D eigenvalue weighted by molar-refractivity contribution is -0.357. The van der Waals surface area contributed by atoms with Gasteiger partial charge in [0, 0.05) is 12.7 Å². The summed E-state index contributed by atoms with van der Waals surface area (Å²) in [7, 11) is 1.43. The van der Waals surface area contributed by atoms with Crippen LogP contribution in [0, 0.1) is 0 Å². The maximum atomic E-state index is 12.5. The Morgan fingerprint density at radius 2 is 1.71 bits per heavy atom. The van der Waals surface area contributed by atoms with Gasteiger partial charge in [0.15, 0.2) is 18.7 Å². The first-order chi connectivity index (χ1) is 13.7. The summed E-state index contributed by atoms with van der Waals surface area (Å²) in [5.41, 5.74) is 1.21. The molecule has 0 radical (unpaired) electrons. The van der Waals surface area contributed by atoms with Gasteiger partial charge in [-0.3, -0.25) is 0 Å². The predicted octanol–water partition coefficient (Wildman–Crippen LogP) is 2.06. The summed E-state index contributed by atoms with van der Waals surface area (Å²) in [4.78, 5) is 12.5. The number of esters is 1. The van der Waals surface area contributed by atoms with Crippen LogP contribution in [-0.4, -0.2) is 55.5 Å². The summed E-state index contributed by atoms with van der Waals surface area (Å²) < 4.78 is 28.4. The Labute approximate surface area is 162 Å². The molecule has 6 atom stereocenters. The van der Waals surface area contributed by atoms with Gasteiger partial charge in [0.05, 0.1) is 12.2 Å². The molecule has 7 heteroatoms. The van der Waals surface area contributed by atoms with Crippen molar-refractivity contribution < 1.29 is 33.6 Å². The van der Waals surface area contributed by atoms with Crippen LogP contribution in [-0.2, 0) is 23.7 Å². The average Bonchev–Trinajstić information content (AvgIpc) is 2.76. The molecule has 0 bridgehead atoms. The highest BCUT2D eigenvalue weighted by Gasteiger charge is 2.51. The Hall–Kier alpha value is -2.29. The molecule has 1 N–H and O–H groups in total. The van der Waals surface area contributed by atoms with E-state index in [9.17, 15) is 9.90 Å². The number of carbonyl (C=O) groups excluding carboxylic acids is 1. The molecule has 0 saturated carbocycles. The maximum absolute atomic E-state index is 12.5. The van der Waals surface area contributed by atoms with Crippen LogP contribution >= 0.6 is 0 Å². The van der Waals surface area contributed by atoms with Gasteiger partial charge in [0.25, 0.3) is 0 Å². The van der Waals surface area contributed by atoms with Crippen molar-refractivity contribution in [2.45, 2.75) is 37.0 Å². The Morgan fingerprint density at radius 1 is 1.04 bits per heavy atom. The molecule has 7 nitrogen and oxygen atoms in total. The van der Waals surface area contributed by atoms with E-state index in [-0.39, 0.29) is 6.61 Å². The Kier molecular flexibility index (Phi) is 5.70. The van der Waals surface area contributed by atoms with Crippen LogP contribution in [0.15, 0.2) is 60.7 Å². The van der Waals surface area contributed by atoms with Crippen molar-refractivity contribution in [3.63, 3.8) is 0 Å². The lowest BCUT2D eigenvalue weighted by Gasteiger charge is -2.46. The fourth-order valence-electron chi connectivity index (χ4n) is 3.43. The van der Waals surface area contributed by atoms with Gasteiger partial charge in [0.2, 0.25) is 0 Å². The predicted molar refractivity (Wildman–Crippen MR) is 97.3 cm³/mol.